The van der Waals surface area contributed by atoms with Gasteiger partial charge in [-0.15, -0.1) is 0 Å². The highest BCUT2D eigenvalue weighted by molar-refractivity contribution is 5.89. The number of urea groups is 1. The van der Waals surface area contributed by atoms with E-state index < -0.39 is 0 Å². The van der Waals surface area contributed by atoms with Gasteiger partial charge in [-0.05, 0) is 37.5 Å². The molecule has 8 nitrogen and oxygen atoms in total. The Hall–Kier alpha value is -2.52. The number of benzene rings is 1. The highest BCUT2D eigenvalue weighted by Crippen LogP contribution is 2.31. The summed E-state index contributed by atoms with van der Waals surface area (Å²) in [7, 11) is 1.60. The number of aromatic nitrogens is 2. The number of rotatable bonds is 7. The van der Waals surface area contributed by atoms with Gasteiger partial charge in [0.2, 0.25) is 0 Å². The number of hydrogen-bond donors (Lipinski definition) is 1. The minimum atomic E-state index is -0.359. The van der Waals surface area contributed by atoms with E-state index in [1.807, 2.05) is 0 Å². The van der Waals surface area contributed by atoms with Crippen LogP contribution in [0.3, 0.4) is 0 Å². The molecule has 1 atom stereocenters. The lowest BCUT2D eigenvalue weighted by atomic mass is 10.2. The van der Waals surface area contributed by atoms with E-state index >= 15 is 0 Å². The molecule has 1 aromatic heterocycles. The van der Waals surface area contributed by atoms with E-state index in [1.54, 1.807) is 31.1 Å². The monoisotopic (exact) mass is 378 g/mol. The van der Waals surface area contributed by atoms with Crippen LogP contribution < -0.4 is 5.32 Å². The smallest absolute Gasteiger partial charge is 0.322 e. The highest BCUT2D eigenvalue weighted by atomic mass is 19.1. The van der Waals surface area contributed by atoms with Gasteiger partial charge in [-0.25, -0.2) is 9.18 Å². The Balaban J connectivity index is 1.61. The molecule has 1 aliphatic heterocycles. The third-order valence-corrected chi connectivity index (χ3v) is 4.38. The van der Waals surface area contributed by atoms with Crippen LogP contribution in [0.5, 0.6) is 0 Å². The van der Waals surface area contributed by atoms with Crippen molar-refractivity contribution in [3.8, 4) is 0 Å². The zero-order valence-corrected chi connectivity index (χ0v) is 15.4. The van der Waals surface area contributed by atoms with Gasteiger partial charge < -0.3 is 24.2 Å². The van der Waals surface area contributed by atoms with E-state index in [2.05, 4.69) is 15.5 Å². The molecule has 1 N–H and O–H groups in total. The second-order valence-electron chi connectivity index (χ2n) is 6.34. The molecule has 146 valence electrons. The molecule has 27 heavy (non-hydrogen) atoms. The second-order valence-corrected chi connectivity index (χ2v) is 6.34. The summed E-state index contributed by atoms with van der Waals surface area (Å²) >= 11 is 0. The molecule has 3 rings (SSSR count). The van der Waals surface area contributed by atoms with Crippen LogP contribution in [0, 0.1) is 12.7 Å². The second kappa shape index (κ2) is 8.92. The fraction of sp³-hybridized carbons (Fsp3) is 0.500. The molecule has 0 bridgehead atoms. The molecule has 0 spiro atoms. The first-order chi connectivity index (χ1) is 13.1. The van der Waals surface area contributed by atoms with Crippen molar-refractivity contribution < 1.29 is 23.2 Å². The number of hydrogen-bond acceptors (Lipinski definition) is 6. The number of likely N-dealkylation sites (tertiary alicyclic amines) is 1. The third-order valence-electron chi connectivity index (χ3n) is 4.38. The van der Waals surface area contributed by atoms with E-state index in [-0.39, 0.29) is 24.5 Å². The average Bonchev–Trinajstić information content (AvgIpc) is 3.31. The third kappa shape index (κ3) is 4.81. The molecule has 1 fully saturated rings. The molecule has 1 aromatic carbocycles. The molecule has 1 saturated heterocycles. The number of methoxy groups -OCH3 is 1. The van der Waals surface area contributed by atoms with Crippen molar-refractivity contribution in [2.24, 2.45) is 0 Å². The Morgan fingerprint density at radius 3 is 3.07 bits per heavy atom. The van der Waals surface area contributed by atoms with Crippen molar-refractivity contribution in [3.63, 3.8) is 0 Å². The number of nitrogens with one attached hydrogen (secondary N) is 1. The summed E-state index contributed by atoms with van der Waals surface area (Å²) in [5.74, 6) is 0.444. The maximum absolute atomic E-state index is 13.7. The van der Waals surface area contributed by atoms with E-state index in [1.165, 1.54) is 6.07 Å². The number of amides is 2. The number of carbonyl (C=O) groups excluding carboxylic acids is 1. The minimum absolute atomic E-state index is 0.192. The van der Waals surface area contributed by atoms with Crippen LogP contribution in [0.2, 0.25) is 0 Å². The van der Waals surface area contributed by atoms with E-state index in [4.69, 9.17) is 14.0 Å². The highest BCUT2D eigenvalue weighted by Gasteiger charge is 2.33. The van der Waals surface area contributed by atoms with Crippen molar-refractivity contribution >= 4 is 11.7 Å². The topological polar surface area (TPSA) is 89.7 Å². The Morgan fingerprint density at radius 1 is 1.44 bits per heavy atom. The number of aryl methyl sites for hydroxylation is 1. The number of anilines is 1. The lowest BCUT2D eigenvalue weighted by molar-refractivity contribution is 0.0494. The first-order valence-corrected chi connectivity index (χ1v) is 8.81. The quantitative estimate of drug-likeness (QED) is 0.745. The molecular formula is C18H23FN4O4. The van der Waals surface area contributed by atoms with Crippen LogP contribution in [-0.2, 0) is 16.1 Å². The molecule has 0 aliphatic carbocycles. The average molecular weight is 378 g/mol. The zero-order valence-electron chi connectivity index (χ0n) is 15.4. The van der Waals surface area contributed by atoms with Crippen LogP contribution >= 0.6 is 0 Å². The fourth-order valence-corrected chi connectivity index (χ4v) is 2.91. The Labute approximate surface area is 156 Å². The summed E-state index contributed by atoms with van der Waals surface area (Å²) in [6, 6.07) is 4.01. The Morgan fingerprint density at radius 2 is 2.30 bits per heavy atom. The SMILES string of the molecule is COCCOCc1nc(C2CCCN2C(=O)Nc2ccc(C)c(F)c2)no1. The summed E-state index contributed by atoms with van der Waals surface area (Å²) in [5.41, 5.74) is 0.938. The first kappa shape index (κ1) is 19.2. The van der Waals surface area contributed by atoms with Crippen molar-refractivity contribution in [2.75, 3.05) is 32.2 Å². The molecule has 2 aromatic rings. The van der Waals surface area contributed by atoms with Gasteiger partial charge in [0.25, 0.3) is 5.89 Å². The van der Waals surface area contributed by atoms with E-state index in [0.717, 1.165) is 12.8 Å². The van der Waals surface area contributed by atoms with Gasteiger partial charge in [-0.2, -0.15) is 4.98 Å². The predicted octanol–water partition coefficient (Wildman–Crippen LogP) is 3.05. The molecule has 1 unspecified atom stereocenters. The molecule has 2 amide bonds. The van der Waals surface area contributed by atoms with E-state index in [0.29, 0.717) is 42.7 Å². The van der Waals surface area contributed by atoms with Gasteiger partial charge in [0.1, 0.15) is 12.4 Å². The molecule has 0 radical (unpaired) electrons. The summed E-state index contributed by atoms with van der Waals surface area (Å²) in [6.45, 7) is 3.34. The summed E-state index contributed by atoms with van der Waals surface area (Å²) in [6.07, 6.45) is 1.56. The van der Waals surface area contributed by atoms with Gasteiger partial charge >= 0.3 is 6.03 Å². The van der Waals surface area contributed by atoms with Crippen LogP contribution in [0.1, 0.15) is 36.2 Å². The summed E-state index contributed by atoms with van der Waals surface area (Å²) in [4.78, 5) is 18.6. The maximum atomic E-state index is 13.7. The van der Waals surface area contributed by atoms with Crippen molar-refractivity contribution in [2.45, 2.75) is 32.4 Å². The van der Waals surface area contributed by atoms with Gasteiger partial charge in [0.15, 0.2) is 5.82 Å². The molecule has 9 heteroatoms. The molecule has 1 aliphatic rings. The van der Waals surface area contributed by atoms with Gasteiger partial charge in [0.05, 0.1) is 19.3 Å². The first-order valence-electron chi connectivity index (χ1n) is 8.81. The van der Waals surface area contributed by atoms with Crippen LogP contribution in [0.15, 0.2) is 22.7 Å². The maximum Gasteiger partial charge on any atom is 0.322 e. The zero-order chi connectivity index (χ0) is 19.2. The Kier molecular flexibility index (Phi) is 6.36. The molecule has 0 saturated carbocycles. The van der Waals surface area contributed by atoms with Crippen LogP contribution in [-0.4, -0.2) is 47.9 Å². The number of carbonyl (C=O) groups is 1. The molecule has 2 heterocycles. The van der Waals surface area contributed by atoms with Crippen molar-refractivity contribution in [3.05, 3.63) is 41.3 Å². The number of nitrogens with zero attached hydrogens (tertiary/aromatic N) is 3. The summed E-state index contributed by atoms with van der Waals surface area (Å²) in [5, 5.41) is 6.71. The molecular weight excluding hydrogens is 355 g/mol. The van der Waals surface area contributed by atoms with Gasteiger partial charge in [-0.3, -0.25) is 0 Å². The van der Waals surface area contributed by atoms with Gasteiger partial charge in [0, 0.05) is 19.3 Å². The standard InChI is InChI=1S/C18H23FN4O4/c1-12-5-6-13(10-14(12)19)20-18(24)23-7-3-4-15(23)17-21-16(27-22-17)11-26-9-8-25-2/h5-6,10,15H,3-4,7-9,11H2,1-2H3,(H,20,24). The predicted molar refractivity (Wildman–Crippen MR) is 94.7 cm³/mol. The minimum Gasteiger partial charge on any atom is -0.382 e. The van der Waals surface area contributed by atoms with E-state index in [9.17, 15) is 9.18 Å². The van der Waals surface area contributed by atoms with Crippen LogP contribution in [0.4, 0.5) is 14.9 Å². The summed E-state index contributed by atoms with van der Waals surface area (Å²) < 4.78 is 29.1. The Bertz CT molecular complexity index is 782. The van der Waals surface area contributed by atoms with Crippen molar-refractivity contribution in [1.29, 1.82) is 0 Å². The number of halogens is 1. The normalized spacial score (nSPS) is 16.7. The van der Waals surface area contributed by atoms with Crippen LogP contribution in [0.25, 0.3) is 0 Å². The lowest BCUT2D eigenvalue weighted by Crippen LogP contribution is -2.34. The lowest BCUT2D eigenvalue weighted by Gasteiger charge is -2.22. The van der Waals surface area contributed by atoms with Crippen molar-refractivity contribution in [1.82, 2.24) is 15.0 Å². The fourth-order valence-electron chi connectivity index (χ4n) is 2.91. The van der Waals surface area contributed by atoms with Gasteiger partial charge in [-0.1, -0.05) is 11.2 Å². The largest absolute Gasteiger partial charge is 0.382 e. The number of ether oxygens (including phenoxy) is 2.